The molecule has 1 aromatic heterocycles. The number of alkyl halides is 1. The number of piperazine rings is 1. The highest BCUT2D eigenvalue weighted by Gasteiger charge is 2.19. The summed E-state index contributed by atoms with van der Waals surface area (Å²) in [6.07, 6.45) is 1.84. The van der Waals surface area contributed by atoms with Gasteiger partial charge in [0, 0.05) is 49.3 Å². The maximum atomic E-state index is 5.75. The average molecular weight is 384 g/mol. The van der Waals surface area contributed by atoms with E-state index in [1.807, 2.05) is 12.3 Å². The summed E-state index contributed by atoms with van der Waals surface area (Å²) in [7, 11) is 0. The van der Waals surface area contributed by atoms with Crippen molar-refractivity contribution >= 4 is 49.3 Å². The second-order valence-corrected chi connectivity index (χ2v) is 6.12. The molecule has 0 unspecified atom stereocenters. The van der Waals surface area contributed by atoms with Gasteiger partial charge in [0.05, 0.1) is 4.47 Å². The second kappa shape index (κ2) is 6.36. The van der Waals surface area contributed by atoms with Crippen LogP contribution in [0, 0.1) is 0 Å². The van der Waals surface area contributed by atoms with Gasteiger partial charge in [-0.05, 0) is 37.9 Å². The Morgan fingerprint density at radius 3 is 2.53 bits per heavy atom. The monoisotopic (exact) mass is 381 g/mol. The number of halogens is 3. The number of pyridine rings is 1. The average Bonchev–Trinajstić information content (AvgIpc) is 2.31. The molecule has 0 saturated carbocycles. The van der Waals surface area contributed by atoms with Crippen LogP contribution in [0.25, 0.3) is 0 Å². The Morgan fingerprint density at radius 1 is 1.24 bits per heavy atom. The topological polar surface area (TPSA) is 19.4 Å². The molecule has 3 nitrogen and oxygen atoms in total. The van der Waals surface area contributed by atoms with E-state index in [-0.39, 0.29) is 0 Å². The predicted octanol–water partition coefficient (Wildman–Crippen LogP) is 2.97. The summed E-state index contributed by atoms with van der Waals surface area (Å²) in [6.45, 7) is 5.09. The fraction of sp³-hybridized carbons (Fsp3) is 0.545. The van der Waals surface area contributed by atoms with Crippen LogP contribution in [0.5, 0.6) is 0 Å². The molecule has 1 fully saturated rings. The molecular formula is C11H14Br2ClN3. The zero-order valence-corrected chi connectivity index (χ0v) is 13.3. The van der Waals surface area contributed by atoms with Crippen LogP contribution in [-0.2, 0) is 0 Å². The molecule has 0 amide bonds. The minimum atomic E-state index is 0.709. The van der Waals surface area contributed by atoms with E-state index < -0.39 is 0 Å². The minimum absolute atomic E-state index is 0.709. The van der Waals surface area contributed by atoms with Crippen molar-refractivity contribution in [2.75, 3.05) is 43.5 Å². The molecule has 0 atom stereocenters. The molecule has 2 heterocycles. The molecule has 2 rings (SSSR count). The first-order valence-corrected chi connectivity index (χ1v) is 7.67. The Balaban J connectivity index is 2.00. The standard InChI is InChI=1S/C11H14Br2ClN3/c12-9-7-10(13)11(15-8-9)17-5-3-16(2-1-14)4-6-17/h7-8H,1-6H2. The van der Waals surface area contributed by atoms with Gasteiger partial charge in [0.2, 0.25) is 0 Å². The quantitative estimate of drug-likeness (QED) is 0.748. The van der Waals surface area contributed by atoms with Crippen molar-refractivity contribution in [1.29, 1.82) is 0 Å². The van der Waals surface area contributed by atoms with Gasteiger partial charge < -0.3 is 4.90 Å². The van der Waals surface area contributed by atoms with Gasteiger partial charge in [-0.3, -0.25) is 4.90 Å². The third kappa shape index (κ3) is 3.56. The lowest BCUT2D eigenvalue weighted by molar-refractivity contribution is 0.272. The fourth-order valence-electron chi connectivity index (χ4n) is 1.94. The van der Waals surface area contributed by atoms with Gasteiger partial charge in [0.25, 0.3) is 0 Å². The highest BCUT2D eigenvalue weighted by atomic mass is 79.9. The van der Waals surface area contributed by atoms with Crippen LogP contribution in [0.15, 0.2) is 21.2 Å². The number of hydrogen-bond donors (Lipinski definition) is 0. The van der Waals surface area contributed by atoms with Gasteiger partial charge in [-0.1, -0.05) is 0 Å². The summed E-state index contributed by atoms with van der Waals surface area (Å²) >= 11 is 12.7. The van der Waals surface area contributed by atoms with Crippen LogP contribution in [0.2, 0.25) is 0 Å². The van der Waals surface area contributed by atoms with Crippen molar-refractivity contribution < 1.29 is 0 Å². The van der Waals surface area contributed by atoms with E-state index in [0.717, 1.165) is 47.5 Å². The number of nitrogens with zero attached hydrogens (tertiary/aromatic N) is 3. The first-order valence-electron chi connectivity index (χ1n) is 5.55. The number of anilines is 1. The Kier molecular flexibility index (Phi) is 5.09. The van der Waals surface area contributed by atoms with Crippen LogP contribution in [0.1, 0.15) is 0 Å². The maximum Gasteiger partial charge on any atom is 0.143 e. The van der Waals surface area contributed by atoms with Crippen molar-refractivity contribution in [3.05, 3.63) is 21.2 Å². The number of hydrogen-bond acceptors (Lipinski definition) is 3. The summed E-state index contributed by atoms with van der Waals surface area (Å²) in [5.74, 6) is 1.74. The van der Waals surface area contributed by atoms with E-state index in [1.165, 1.54) is 0 Å². The molecule has 17 heavy (non-hydrogen) atoms. The Hall–Kier alpha value is 0.160. The molecule has 1 aliphatic rings. The van der Waals surface area contributed by atoms with Crippen molar-refractivity contribution in [2.45, 2.75) is 0 Å². The molecule has 6 heteroatoms. The zero-order chi connectivity index (χ0) is 12.3. The summed E-state index contributed by atoms with van der Waals surface area (Å²) in [4.78, 5) is 9.15. The van der Waals surface area contributed by atoms with E-state index in [2.05, 4.69) is 46.6 Å². The second-order valence-electron chi connectivity index (χ2n) is 3.98. The molecule has 0 spiro atoms. The van der Waals surface area contributed by atoms with E-state index >= 15 is 0 Å². The molecule has 1 saturated heterocycles. The molecule has 0 radical (unpaired) electrons. The van der Waals surface area contributed by atoms with Gasteiger partial charge in [-0.25, -0.2) is 4.98 Å². The molecule has 94 valence electrons. The highest BCUT2D eigenvalue weighted by Crippen LogP contribution is 2.27. The van der Waals surface area contributed by atoms with Crippen LogP contribution < -0.4 is 4.90 Å². The Morgan fingerprint density at radius 2 is 1.94 bits per heavy atom. The molecule has 0 N–H and O–H groups in total. The van der Waals surface area contributed by atoms with E-state index in [9.17, 15) is 0 Å². The molecule has 0 aliphatic carbocycles. The molecule has 0 aromatic carbocycles. The van der Waals surface area contributed by atoms with Gasteiger partial charge in [-0.15, -0.1) is 11.6 Å². The number of aromatic nitrogens is 1. The lowest BCUT2D eigenvalue weighted by atomic mass is 10.3. The van der Waals surface area contributed by atoms with Crippen molar-refractivity contribution in [1.82, 2.24) is 9.88 Å². The Bertz CT molecular complexity index is 381. The van der Waals surface area contributed by atoms with E-state index in [4.69, 9.17) is 11.6 Å². The third-order valence-electron chi connectivity index (χ3n) is 2.86. The smallest absolute Gasteiger partial charge is 0.143 e. The van der Waals surface area contributed by atoms with Crippen LogP contribution >= 0.6 is 43.5 Å². The molecular weight excluding hydrogens is 369 g/mol. The molecule has 1 aliphatic heterocycles. The van der Waals surface area contributed by atoms with Crippen molar-refractivity contribution in [2.24, 2.45) is 0 Å². The minimum Gasteiger partial charge on any atom is -0.353 e. The molecule has 0 bridgehead atoms. The lowest BCUT2D eigenvalue weighted by Gasteiger charge is -2.35. The SMILES string of the molecule is ClCCN1CCN(c2ncc(Br)cc2Br)CC1. The predicted molar refractivity (Wildman–Crippen MR) is 79.0 cm³/mol. The third-order valence-corrected chi connectivity index (χ3v) is 4.05. The summed E-state index contributed by atoms with van der Waals surface area (Å²) in [5.41, 5.74) is 0. The van der Waals surface area contributed by atoms with Crippen LogP contribution in [0.4, 0.5) is 5.82 Å². The van der Waals surface area contributed by atoms with E-state index in [1.54, 1.807) is 0 Å². The Labute approximate surface area is 123 Å². The summed E-state index contributed by atoms with van der Waals surface area (Å²) in [5, 5.41) is 0. The highest BCUT2D eigenvalue weighted by molar-refractivity contribution is 9.11. The van der Waals surface area contributed by atoms with Gasteiger partial charge >= 0.3 is 0 Å². The largest absolute Gasteiger partial charge is 0.353 e. The first kappa shape index (κ1) is 13.6. The summed E-state index contributed by atoms with van der Waals surface area (Å²) in [6, 6.07) is 2.04. The first-order chi connectivity index (χ1) is 8.20. The summed E-state index contributed by atoms with van der Waals surface area (Å²) < 4.78 is 2.03. The lowest BCUT2D eigenvalue weighted by Crippen LogP contribution is -2.47. The van der Waals surface area contributed by atoms with Crippen molar-refractivity contribution in [3.63, 3.8) is 0 Å². The fourth-order valence-corrected chi connectivity index (χ4v) is 3.42. The van der Waals surface area contributed by atoms with Gasteiger partial charge in [-0.2, -0.15) is 0 Å². The molecule has 1 aromatic rings. The van der Waals surface area contributed by atoms with Gasteiger partial charge in [0.1, 0.15) is 5.82 Å². The van der Waals surface area contributed by atoms with Crippen LogP contribution in [-0.4, -0.2) is 48.5 Å². The van der Waals surface area contributed by atoms with Crippen molar-refractivity contribution in [3.8, 4) is 0 Å². The normalized spacial score (nSPS) is 17.5. The van der Waals surface area contributed by atoms with Crippen LogP contribution in [0.3, 0.4) is 0 Å². The zero-order valence-electron chi connectivity index (χ0n) is 9.37. The maximum absolute atomic E-state index is 5.75. The van der Waals surface area contributed by atoms with Gasteiger partial charge in [0.15, 0.2) is 0 Å². The van der Waals surface area contributed by atoms with E-state index in [0.29, 0.717) is 5.88 Å². The number of rotatable bonds is 3.